The lowest BCUT2D eigenvalue weighted by Gasteiger charge is -2.18. The molecule has 0 aromatic carbocycles. The van der Waals surface area contributed by atoms with Crippen LogP contribution in [0.15, 0.2) is 11.4 Å². The van der Waals surface area contributed by atoms with Crippen molar-refractivity contribution in [2.45, 2.75) is 18.1 Å². The standard InChI is InChI=1S/C8H16N4O3S/c1-6(13)4-12(3)16(14,15)8-7(9)10-5-11(8)2/h5-6,13H,4,9H2,1-3H3. The van der Waals surface area contributed by atoms with Gasteiger partial charge in [-0.1, -0.05) is 0 Å². The van der Waals surface area contributed by atoms with Crippen molar-refractivity contribution in [1.82, 2.24) is 13.9 Å². The first-order chi connectivity index (χ1) is 7.26. The highest BCUT2D eigenvalue weighted by Gasteiger charge is 2.27. The van der Waals surface area contributed by atoms with Crippen molar-refractivity contribution in [3.63, 3.8) is 0 Å². The van der Waals surface area contributed by atoms with Gasteiger partial charge in [-0.2, -0.15) is 4.31 Å². The molecule has 8 heteroatoms. The number of aliphatic hydroxyl groups excluding tert-OH is 1. The van der Waals surface area contributed by atoms with Crippen molar-refractivity contribution in [3.05, 3.63) is 6.33 Å². The van der Waals surface area contributed by atoms with Crippen molar-refractivity contribution >= 4 is 15.8 Å². The first-order valence-corrected chi connectivity index (χ1v) is 6.12. The van der Waals surface area contributed by atoms with Crippen LogP contribution in [0, 0.1) is 0 Å². The molecule has 0 radical (unpaired) electrons. The van der Waals surface area contributed by atoms with Gasteiger partial charge in [-0.25, -0.2) is 13.4 Å². The molecule has 1 unspecified atom stereocenters. The molecule has 0 fully saturated rings. The zero-order valence-electron chi connectivity index (χ0n) is 9.45. The van der Waals surface area contributed by atoms with Gasteiger partial charge >= 0.3 is 0 Å². The molecule has 1 heterocycles. The second kappa shape index (κ2) is 4.40. The second-order valence-corrected chi connectivity index (χ2v) is 5.64. The summed E-state index contributed by atoms with van der Waals surface area (Å²) in [6, 6.07) is 0. The molecule has 7 nitrogen and oxygen atoms in total. The van der Waals surface area contributed by atoms with E-state index in [-0.39, 0.29) is 17.4 Å². The summed E-state index contributed by atoms with van der Waals surface area (Å²) in [5.41, 5.74) is 5.50. The van der Waals surface area contributed by atoms with Gasteiger partial charge in [0, 0.05) is 20.6 Å². The lowest BCUT2D eigenvalue weighted by atomic mass is 10.4. The van der Waals surface area contributed by atoms with Gasteiger partial charge in [-0.05, 0) is 6.92 Å². The lowest BCUT2D eigenvalue weighted by Crippen LogP contribution is -2.34. The third-order valence-electron chi connectivity index (χ3n) is 2.09. The van der Waals surface area contributed by atoms with Crippen LogP contribution >= 0.6 is 0 Å². The largest absolute Gasteiger partial charge is 0.392 e. The normalized spacial score (nSPS) is 14.3. The molecule has 3 N–H and O–H groups in total. The SMILES string of the molecule is CC(O)CN(C)S(=O)(=O)c1c(N)ncn1C. The minimum Gasteiger partial charge on any atom is -0.392 e. The first-order valence-electron chi connectivity index (χ1n) is 4.68. The topological polar surface area (TPSA) is 101 Å². The summed E-state index contributed by atoms with van der Waals surface area (Å²) in [6.45, 7) is 1.52. The number of rotatable bonds is 4. The van der Waals surface area contributed by atoms with Crippen LogP contribution in [0.2, 0.25) is 0 Å². The van der Waals surface area contributed by atoms with E-state index >= 15 is 0 Å². The number of imidazole rings is 1. The smallest absolute Gasteiger partial charge is 0.262 e. The van der Waals surface area contributed by atoms with E-state index in [0.717, 1.165) is 4.31 Å². The maximum atomic E-state index is 12.0. The number of aliphatic hydroxyl groups is 1. The summed E-state index contributed by atoms with van der Waals surface area (Å²) >= 11 is 0. The molecule has 92 valence electrons. The molecule has 1 aromatic rings. The molecule has 0 bridgehead atoms. The number of likely N-dealkylation sites (N-methyl/N-ethyl adjacent to an activating group) is 1. The molecule has 16 heavy (non-hydrogen) atoms. The van der Waals surface area contributed by atoms with E-state index in [1.54, 1.807) is 7.05 Å². The summed E-state index contributed by atoms with van der Waals surface area (Å²) in [4.78, 5) is 3.72. The Balaban J connectivity index is 3.12. The maximum Gasteiger partial charge on any atom is 0.262 e. The molecule has 1 aromatic heterocycles. The van der Waals surface area contributed by atoms with Crippen molar-refractivity contribution in [2.24, 2.45) is 7.05 Å². The van der Waals surface area contributed by atoms with Crippen molar-refractivity contribution in [2.75, 3.05) is 19.3 Å². The third kappa shape index (κ3) is 2.34. The number of hydrogen-bond donors (Lipinski definition) is 2. The van der Waals surface area contributed by atoms with Crippen molar-refractivity contribution in [3.8, 4) is 0 Å². The van der Waals surface area contributed by atoms with Gasteiger partial charge in [0.05, 0.1) is 12.4 Å². The number of hydrogen-bond acceptors (Lipinski definition) is 5. The predicted molar refractivity (Wildman–Crippen MR) is 59.1 cm³/mol. The predicted octanol–water partition coefficient (Wildman–Crippen LogP) is -0.996. The van der Waals surface area contributed by atoms with E-state index in [1.807, 2.05) is 0 Å². The summed E-state index contributed by atoms with van der Waals surface area (Å²) in [5, 5.41) is 9.10. The molecule has 0 aliphatic rings. The average molecular weight is 248 g/mol. The fourth-order valence-electron chi connectivity index (χ4n) is 1.37. The van der Waals surface area contributed by atoms with Crippen molar-refractivity contribution < 1.29 is 13.5 Å². The van der Waals surface area contributed by atoms with Crippen LogP contribution in [-0.4, -0.2) is 47.1 Å². The monoisotopic (exact) mass is 248 g/mol. The molecule has 0 aliphatic carbocycles. The van der Waals surface area contributed by atoms with Crippen LogP contribution in [0.25, 0.3) is 0 Å². The second-order valence-electron chi connectivity index (χ2n) is 3.68. The molecule has 0 saturated heterocycles. The minimum absolute atomic E-state index is 0.00690. The molecule has 0 spiro atoms. The molecular weight excluding hydrogens is 232 g/mol. The van der Waals surface area contributed by atoms with E-state index in [9.17, 15) is 8.42 Å². The Hall–Kier alpha value is -1.12. The van der Waals surface area contributed by atoms with Crippen LogP contribution in [0.4, 0.5) is 5.82 Å². The van der Waals surface area contributed by atoms with E-state index in [0.29, 0.717) is 0 Å². The maximum absolute atomic E-state index is 12.0. The van der Waals surface area contributed by atoms with Gasteiger partial charge < -0.3 is 15.4 Å². The quantitative estimate of drug-likeness (QED) is 0.712. The van der Waals surface area contributed by atoms with Gasteiger partial charge in [-0.3, -0.25) is 0 Å². The molecule has 0 amide bonds. The first kappa shape index (κ1) is 12.9. The highest BCUT2D eigenvalue weighted by atomic mass is 32.2. The van der Waals surface area contributed by atoms with Crippen LogP contribution in [0.1, 0.15) is 6.92 Å². The fraction of sp³-hybridized carbons (Fsp3) is 0.625. The number of aromatic nitrogens is 2. The van der Waals surface area contributed by atoms with Gasteiger partial charge in [0.25, 0.3) is 10.0 Å². The Labute approximate surface area is 94.5 Å². The summed E-state index contributed by atoms with van der Waals surface area (Å²) in [5.74, 6) is -0.0417. The molecule has 1 atom stereocenters. The number of aryl methyl sites for hydroxylation is 1. The Morgan fingerprint density at radius 1 is 1.69 bits per heavy atom. The number of anilines is 1. The molecule has 0 aliphatic heterocycles. The van der Waals surface area contributed by atoms with E-state index in [1.165, 1.54) is 24.9 Å². The van der Waals surface area contributed by atoms with Gasteiger partial charge in [-0.15, -0.1) is 0 Å². The Morgan fingerprint density at radius 2 is 2.25 bits per heavy atom. The van der Waals surface area contributed by atoms with Crippen LogP contribution < -0.4 is 5.73 Å². The Kier molecular flexibility index (Phi) is 3.56. The van der Waals surface area contributed by atoms with Crippen LogP contribution in [-0.2, 0) is 17.1 Å². The van der Waals surface area contributed by atoms with Crippen LogP contribution in [0.3, 0.4) is 0 Å². The summed E-state index contributed by atoms with van der Waals surface area (Å²) in [7, 11) is -0.772. The Bertz CT molecular complexity index is 446. The number of nitrogens with two attached hydrogens (primary N) is 1. The minimum atomic E-state index is -3.70. The van der Waals surface area contributed by atoms with E-state index in [2.05, 4.69) is 4.98 Å². The average Bonchev–Trinajstić information content (AvgIpc) is 2.45. The third-order valence-corrected chi connectivity index (χ3v) is 4.04. The zero-order chi connectivity index (χ0) is 12.5. The molecular formula is C8H16N4O3S. The van der Waals surface area contributed by atoms with Gasteiger partial charge in [0.15, 0.2) is 10.8 Å². The van der Waals surface area contributed by atoms with Gasteiger partial charge in [0.1, 0.15) is 0 Å². The highest BCUT2D eigenvalue weighted by Crippen LogP contribution is 2.19. The summed E-state index contributed by atoms with van der Waals surface area (Å²) in [6.07, 6.45) is 0.590. The van der Waals surface area contributed by atoms with E-state index in [4.69, 9.17) is 10.8 Å². The van der Waals surface area contributed by atoms with E-state index < -0.39 is 16.1 Å². The molecule has 1 rings (SSSR count). The Morgan fingerprint density at radius 3 is 2.62 bits per heavy atom. The summed E-state index contributed by atoms with van der Waals surface area (Å²) < 4.78 is 26.5. The lowest BCUT2D eigenvalue weighted by molar-refractivity contribution is 0.171. The number of nitrogen functional groups attached to an aromatic ring is 1. The number of nitrogens with zero attached hydrogens (tertiary/aromatic N) is 3. The van der Waals surface area contributed by atoms with Gasteiger partial charge in [0.2, 0.25) is 0 Å². The number of sulfonamides is 1. The van der Waals surface area contributed by atoms with Crippen molar-refractivity contribution in [1.29, 1.82) is 0 Å². The van der Waals surface area contributed by atoms with Crippen LogP contribution in [0.5, 0.6) is 0 Å². The molecule has 0 saturated carbocycles. The zero-order valence-corrected chi connectivity index (χ0v) is 10.3. The fourth-order valence-corrected chi connectivity index (χ4v) is 2.80. The highest BCUT2D eigenvalue weighted by molar-refractivity contribution is 7.89.